The minimum Gasteiger partial charge on any atom is -0.391 e. The topological polar surface area (TPSA) is 29.5 Å². The Balaban J connectivity index is 1.49. The lowest BCUT2D eigenvalue weighted by Gasteiger charge is -2.11. The lowest BCUT2D eigenvalue weighted by Crippen LogP contribution is -2.15. The molecule has 0 radical (unpaired) electrons. The van der Waals surface area contributed by atoms with Crippen LogP contribution in [-0.4, -0.2) is 23.6 Å². The van der Waals surface area contributed by atoms with Gasteiger partial charge in [-0.25, -0.2) is 0 Å². The molecule has 0 heterocycles. The second-order valence-corrected chi connectivity index (χ2v) is 6.95. The van der Waals surface area contributed by atoms with Gasteiger partial charge < -0.3 is 9.84 Å². The van der Waals surface area contributed by atoms with Crippen molar-refractivity contribution in [3.05, 3.63) is 76.9 Å². The minimum absolute atomic E-state index is 0.371. The number of benzene rings is 2. The molecule has 0 saturated carbocycles. The first-order valence-electron chi connectivity index (χ1n) is 8.19. The molecule has 0 aliphatic heterocycles. The van der Waals surface area contributed by atoms with E-state index in [0.29, 0.717) is 19.6 Å². The molecular weight excluding hydrogens is 316 g/mol. The van der Waals surface area contributed by atoms with Crippen molar-refractivity contribution in [2.75, 3.05) is 12.4 Å². The van der Waals surface area contributed by atoms with Gasteiger partial charge in [-0.15, -0.1) is 17.5 Å². The van der Waals surface area contributed by atoms with E-state index in [9.17, 15) is 5.11 Å². The summed E-state index contributed by atoms with van der Waals surface area (Å²) in [5.41, 5.74) is 9.32. The van der Waals surface area contributed by atoms with Gasteiger partial charge >= 0.3 is 0 Å². The third-order valence-electron chi connectivity index (χ3n) is 4.17. The summed E-state index contributed by atoms with van der Waals surface area (Å²) in [6.07, 6.45) is 1.28. The van der Waals surface area contributed by atoms with E-state index in [4.69, 9.17) is 4.74 Å². The molecule has 1 N–H and O–H groups in total. The molecule has 0 bridgehead atoms. The summed E-state index contributed by atoms with van der Waals surface area (Å²) in [4.78, 5) is 0. The molecule has 0 saturated heterocycles. The first-order valence-corrected chi connectivity index (χ1v) is 9.24. The predicted molar refractivity (Wildman–Crippen MR) is 101 cm³/mol. The van der Waals surface area contributed by atoms with Crippen LogP contribution in [0, 0.1) is 0 Å². The van der Waals surface area contributed by atoms with E-state index in [2.05, 4.69) is 54.8 Å². The van der Waals surface area contributed by atoms with Gasteiger partial charge in [-0.1, -0.05) is 49.0 Å². The zero-order valence-electron chi connectivity index (χ0n) is 13.7. The second kappa shape index (κ2) is 8.36. The van der Waals surface area contributed by atoms with Crippen LogP contribution in [0.4, 0.5) is 0 Å². The number of rotatable bonds is 8. The largest absolute Gasteiger partial charge is 0.391 e. The lowest BCUT2D eigenvalue weighted by molar-refractivity contribution is 0.0275. The fourth-order valence-corrected chi connectivity index (χ4v) is 3.65. The molecule has 1 aliphatic carbocycles. The van der Waals surface area contributed by atoms with Gasteiger partial charge in [0.1, 0.15) is 0 Å². The van der Waals surface area contributed by atoms with Gasteiger partial charge in [0.25, 0.3) is 0 Å². The monoisotopic (exact) mass is 338 g/mol. The molecule has 2 nitrogen and oxygen atoms in total. The van der Waals surface area contributed by atoms with E-state index in [-0.39, 0.29) is 0 Å². The van der Waals surface area contributed by atoms with Crippen molar-refractivity contribution in [1.82, 2.24) is 0 Å². The first-order chi connectivity index (χ1) is 11.8. The number of aliphatic hydroxyl groups is 1. The van der Waals surface area contributed by atoms with Gasteiger partial charge in [-0.2, -0.15) is 0 Å². The summed E-state index contributed by atoms with van der Waals surface area (Å²) >= 11 is 1.60. The average molecular weight is 338 g/mol. The Hall–Kier alpha value is -1.77. The summed E-state index contributed by atoms with van der Waals surface area (Å²) in [6.45, 7) is 4.42. The Kier molecular flexibility index (Phi) is 5.95. The van der Waals surface area contributed by atoms with Crippen LogP contribution in [0.2, 0.25) is 0 Å². The Morgan fingerprint density at radius 2 is 2.04 bits per heavy atom. The standard InChI is InChI=1S/C21H22O2S/c1-2-10-24-11-9-19(22)15-23-14-16-7-8-21-18(12-16)13-17-5-3-4-6-20(17)21/h3-8,10,12,19,22H,1,9,11,13-15H2. The molecule has 0 amide bonds. The van der Waals surface area contributed by atoms with Gasteiger partial charge in [0, 0.05) is 11.2 Å². The summed E-state index contributed by atoms with van der Waals surface area (Å²) in [5, 5.41) is 11.7. The molecule has 3 heteroatoms. The number of fused-ring (bicyclic) bond motifs is 3. The molecule has 24 heavy (non-hydrogen) atoms. The van der Waals surface area contributed by atoms with E-state index in [1.165, 1.54) is 22.3 Å². The van der Waals surface area contributed by atoms with Crippen LogP contribution < -0.4 is 0 Å². The third-order valence-corrected chi connectivity index (χ3v) is 4.98. The highest BCUT2D eigenvalue weighted by molar-refractivity contribution is 8.02. The van der Waals surface area contributed by atoms with Crippen molar-refractivity contribution in [2.24, 2.45) is 0 Å². The van der Waals surface area contributed by atoms with Gasteiger partial charge in [-0.3, -0.25) is 0 Å². The second-order valence-electron chi connectivity index (χ2n) is 5.98. The fourth-order valence-electron chi connectivity index (χ4n) is 3.01. The highest BCUT2D eigenvalue weighted by Crippen LogP contribution is 2.36. The highest BCUT2D eigenvalue weighted by Gasteiger charge is 2.17. The first kappa shape index (κ1) is 17.1. The Morgan fingerprint density at radius 1 is 1.21 bits per heavy atom. The molecule has 2 aromatic carbocycles. The van der Waals surface area contributed by atoms with Crippen molar-refractivity contribution in [3.8, 4) is 11.1 Å². The Morgan fingerprint density at radius 3 is 2.92 bits per heavy atom. The van der Waals surface area contributed by atoms with E-state index in [0.717, 1.165) is 17.7 Å². The molecule has 3 rings (SSSR count). The summed E-state index contributed by atoms with van der Waals surface area (Å²) < 4.78 is 5.68. The summed E-state index contributed by atoms with van der Waals surface area (Å²) in [6, 6.07) is 15.1. The van der Waals surface area contributed by atoms with Crippen molar-refractivity contribution < 1.29 is 9.84 Å². The number of ether oxygens (including phenoxy) is 1. The number of thioether (sulfide) groups is 1. The van der Waals surface area contributed by atoms with Crippen LogP contribution in [-0.2, 0) is 17.8 Å². The molecule has 0 spiro atoms. The van der Waals surface area contributed by atoms with Crippen LogP contribution in [0.25, 0.3) is 11.1 Å². The van der Waals surface area contributed by atoms with Crippen LogP contribution in [0.5, 0.6) is 0 Å². The number of aliphatic hydroxyl groups excluding tert-OH is 1. The van der Waals surface area contributed by atoms with Gasteiger partial charge in [0.15, 0.2) is 0 Å². The normalized spacial score (nSPS) is 13.0. The molecule has 2 aromatic rings. The third kappa shape index (κ3) is 4.19. The van der Waals surface area contributed by atoms with Crippen LogP contribution >= 0.6 is 11.8 Å². The molecule has 0 aromatic heterocycles. The van der Waals surface area contributed by atoms with E-state index >= 15 is 0 Å². The number of hydrogen-bond acceptors (Lipinski definition) is 3. The summed E-state index contributed by atoms with van der Waals surface area (Å²) in [7, 11) is 0. The SMILES string of the molecule is C=C=CSCCC(O)COCc1ccc2c(c1)Cc1ccccc1-2. The molecule has 0 fully saturated rings. The fraction of sp³-hybridized carbons (Fsp3) is 0.286. The van der Waals surface area contributed by atoms with E-state index in [1.54, 1.807) is 11.8 Å². The van der Waals surface area contributed by atoms with Crippen LogP contribution in [0.1, 0.15) is 23.1 Å². The quantitative estimate of drug-likeness (QED) is 0.482. The Bertz CT molecular complexity index is 747. The molecule has 1 atom stereocenters. The molecule has 1 unspecified atom stereocenters. The molecular formula is C21H22O2S. The van der Waals surface area contributed by atoms with E-state index in [1.807, 2.05) is 5.41 Å². The van der Waals surface area contributed by atoms with Crippen molar-refractivity contribution >= 4 is 11.8 Å². The zero-order chi connectivity index (χ0) is 16.8. The number of hydrogen-bond donors (Lipinski definition) is 1. The maximum atomic E-state index is 9.91. The van der Waals surface area contributed by atoms with Gasteiger partial charge in [0.2, 0.25) is 0 Å². The zero-order valence-corrected chi connectivity index (χ0v) is 14.5. The highest BCUT2D eigenvalue weighted by atomic mass is 32.2. The summed E-state index contributed by atoms with van der Waals surface area (Å²) in [5.74, 6) is 0.851. The molecule has 1 aliphatic rings. The maximum absolute atomic E-state index is 9.91. The van der Waals surface area contributed by atoms with Crippen LogP contribution in [0.15, 0.2) is 60.2 Å². The van der Waals surface area contributed by atoms with Gasteiger partial charge in [0.05, 0.1) is 19.3 Å². The lowest BCUT2D eigenvalue weighted by atomic mass is 10.0. The van der Waals surface area contributed by atoms with Crippen LogP contribution in [0.3, 0.4) is 0 Å². The Labute approximate surface area is 147 Å². The minimum atomic E-state index is -0.422. The van der Waals surface area contributed by atoms with Crippen molar-refractivity contribution in [1.29, 1.82) is 0 Å². The van der Waals surface area contributed by atoms with Crippen molar-refractivity contribution in [3.63, 3.8) is 0 Å². The predicted octanol–water partition coefficient (Wildman–Crippen LogP) is 4.56. The van der Waals surface area contributed by atoms with Gasteiger partial charge in [-0.05, 0) is 40.7 Å². The van der Waals surface area contributed by atoms with Crippen molar-refractivity contribution in [2.45, 2.75) is 25.6 Å². The van der Waals surface area contributed by atoms with E-state index < -0.39 is 6.10 Å². The molecule has 124 valence electrons. The average Bonchev–Trinajstić information content (AvgIpc) is 2.96. The maximum Gasteiger partial charge on any atom is 0.0781 e. The smallest absolute Gasteiger partial charge is 0.0781 e.